The van der Waals surface area contributed by atoms with Gasteiger partial charge in [0, 0.05) is 18.0 Å². The molecule has 1 aromatic carbocycles. The van der Waals surface area contributed by atoms with Gasteiger partial charge in [0.05, 0.1) is 11.2 Å². The zero-order valence-corrected chi connectivity index (χ0v) is 13.7. The minimum atomic E-state index is 0.0775. The maximum atomic E-state index is 12.5. The standard InChI is InChI=1S/C20H22N2O/c1-20(2)14-8-7-13(16(20)12-14)11-19(23)22-18-9-10-21-17-6-4-3-5-15(17)18/h3-7,9-10,14,16H,8,11-12H2,1-2H3,(H,21,22,23)/t14-,16-/m1/s1. The average molecular weight is 306 g/mol. The summed E-state index contributed by atoms with van der Waals surface area (Å²) in [6, 6.07) is 9.77. The molecule has 2 aromatic rings. The van der Waals surface area contributed by atoms with E-state index < -0.39 is 0 Å². The molecule has 118 valence electrons. The first-order chi connectivity index (χ1) is 11.1. The van der Waals surface area contributed by atoms with Crippen LogP contribution in [0.2, 0.25) is 0 Å². The second-order valence-corrected chi connectivity index (χ2v) is 7.42. The van der Waals surface area contributed by atoms with Crippen LogP contribution in [-0.2, 0) is 4.79 Å². The van der Waals surface area contributed by atoms with E-state index >= 15 is 0 Å². The van der Waals surface area contributed by atoms with Gasteiger partial charge >= 0.3 is 0 Å². The summed E-state index contributed by atoms with van der Waals surface area (Å²) in [7, 11) is 0. The van der Waals surface area contributed by atoms with E-state index in [4.69, 9.17) is 0 Å². The van der Waals surface area contributed by atoms with Crippen molar-refractivity contribution in [2.24, 2.45) is 17.3 Å². The molecule has 1 aromatic heterocycles. The number of nitrogens with one attached hydrogen (secondary N) is 1. The molecular weight excluding hydrogens is 284 g/mol. The molecule has 1 amide bonds. The molecule has 0 radical (unpaired) electrons. The van der Waals surface area contributed by atoms with Crippen LogP contribution in [0.1, 0.15) is 33.1 Å². The van der Waals surface area contributed by atoms with Crippen molar-refractivity contribution in [2.75, 3.05) is 5.32 Å². The highest BCUT2D eigenvalue weighted by molar-refractivity contribution is 6.01. The summed E-state index contributed by atoms with van der Waals surface area (Å²) >= 11 is 0. The number of allylic oxidation sites excluding steroid dienone is 1. The molecule has 1 N–H and O–H groups in total. The number of rotatable bonds is 3. The topological polar surface area (TPSA) is 42.0 Å². The smallest absolute Gasteiger partial charge is 0.228 e. The van der Waals surface area contributed by atoms with Crippen LogP contribution >= 0.6 is 0 Å². The van der Waals surface area contributed by atoms with E-state index in [9.17, 15) is 4.79 Å². The van der Waals surface area contributed by atoms with Gasteiger partial charge in [-0.1, -0.05) is 43.7 Å². The van der Waals surface area contributed by atoms with E-state index in [1.807, 2.05) is 30.3 Å². The number of hydrogen-bond donors (Lipinski definition) is 1. The number of amides is 1. The van der Waals surface area contributed by atoms with Crippen molar-refractivity contribution in [1.82, 2.24) is 4.98 Å². The number of nitrogens with zero attached hydrogens (tertiary/aromatic N) is 1. The molecular formula is C20H22N2O. The van der Waals surface area contributed by atoms with Crippen LogP contribution in [0.4, 0.5) is 5.69 Å². The molecule has 2 atom stereocenters. The molecule has 3 nitrogen and oxygen atoms in total. The van der Waals surface area contributed by atoms with Crippen LogP contribution in [0.3, 0.4) is 0 Å². The van der Waals surface area contributed by atoms with Crippen LogP contribution in [0, 0.1) is 17.3 Å². The van der Waals surface area contributed by atoms with E-state index in [2.05, 4.69) is 30.2 Å². The molecule has 3 aliphatic carbocycles. The van der Waals surface area contributed by atoms with Gasteiger partial charge in [-0.15, -0.1) is 0 Å². The van der Waals surface area contributed by atoms with Gasteiger partial charge in [-0.2, -0.15) is 0 Å². The molecule has 1 saturated carbocycles. The fourth-order valence-electron chi connectivity index (χ4n) is 4.26. The maximum Gasteiger partial charge on any atom is 0.228 e. The summed E-state index contributed by atoms with van der Waals surface area (Å²) in [5.41, 5.74) is 3.45. The number of carbonyl (C=O) groups excluding carboxylic acids is 1. The molecule has 3 heteroatoms. The Hall–Kier alpha value is -2.16. The molecule has 0 unspecified atom stereocenters. The monoisotopic (exact) mass is 306 g/mol. The van der Waals surface area contributed by atoms with Crippen molar-refractivity contribution < 1.29 is 4.79 Å². The van der Waals surface area contributed by atoms with E-state index in [1.165, 1.54) is 12.0 Å². The predicted octanol–water partition coefficient (Wildman–Crippen LogP) is 4.56. The van der Waals surface area contributed by atoms with Crippen molar-refractivity contribution in [2.45, 2.75) is 33.1 Å². The Kier molecular flexibility index (Phi) is 3.26. The largest absolute Gasteiger partial charge is 0.325 e. The third-order valence-corrected chi connectivity index (χ3v) is 5.87. The highest BCUT2D eigenvalue weighted by Gasteiger charge is 2.51. The maximum absolute atomic E-state index is 12.5. The van der Waals surface area contributed by atoms with E-state index in [0.29, 0.717) is 17.8 Å². The summed E-state index contributed by atoms with van der Waals surface area (Å²) in [5, 5.41) is 4.07. The van der Waals surface area contributed by atoms with Crippen LogP contribution in [0.25, 0.3) is 10.9 Å². The van der Waals surface area contributed by atoms with E-state index in [-0.39, 0.29) is 5.91 Å². The van der Waals surface area contributed by atoms with Crippen molar-refractivity contribution in [3.63, 3.8) is 0 Å². The number of pyridine rings is 1. The lowest BCUT2D eigenvalue weighted by molar-refractivity contribution is -0.116. The minimum absolute atomic E-state index is 0.0775. The van der Waals surface area contributed by atoms with Crippen molar-refractivity contribution in [3.8, 4) is 0 Å². The zero-order valence-electron chi connectivity index (χ0n) is 13.7. The zero-order chi connectivity index (χ0) is 16.0. The van der Waals surface area contributed by atoms with Crippen molar-refractivity contribution >= 4 is 22.5 Å². The summed E-state index contributed by atoms with van der Waals surface area (Å²) in [4.78, 5) is 16.9. The molecule has 0 saturated heterocycles. The average Bonchev–Trinajstić information content (AvgIpc) is 2.55. The molecule has 5 rings (SSSR count). The Morgan fingerprint density at radius 1 is 1.30 bits per heavy atom. The number of hydrogen-bond acceptors (Lipinski definition) is 2. The molecule has 3 aliphatic rings. The molecule has 23 heavy (non-hydrogen) atoms. The number of para-hydroxylation sites is 1. The Balaban J connectivity index is 1.51. The second-order valence-electron chi connectivity index (χ2n) is 7.42. The lowest BCUT2D eigenvalue weighted by Gasteiger charge is -2.56. The third kappa shape index (κ3) is 2.35. The first-order valence-electron chi connectivity index (χ1n) is 8.38. The lowest BCUT2D eigenvalue weighted by Crippen LogP contribution is -2.48. The Labute approximate surface area is 136 Å². The van der Waals surface area contributed by atoms with Crippen LogP contribution in [0.15, 0.2) is 48.2 Å². The Bertz CT molecular complexity index is 801. The van der Waals surface area contributed by atoms with Gasteiger partial charge in [0.25, 0.3) is 0 Å². The number of anilines is 1. The molecule has 2 bridgehead atoms. The number of fused-ring (bicyclic) bond motifs is 2. The summed E-state index contributed by atoms with van der Waals surface area (Å²) in [6.45, 7) is 4.68. The summed E-state index contributed by atoms with van der Waals surface area (Å²) in [6.07, 6.45) is 6.94. The minimum Gasteiger partial charge on any atom is -0.325 e. The van der Waals surface area contributed by atoms with Gasteiger partial charge in [-0.05, 0) is 42.2 Å². The van der Waals surface area contributed by atoms with Crippen molar-refractivity contribution in [3.05, 3.63) is 48.2 Å². The molecule has 1 fully saturated rings. The van der Waals surface area contributed by atoms with E-state index in [0.717, 1.165) is 28.9 Å². The van der Waals surface area contributed by atoms with E-state index in [1.54, 1.807) is 6.20 Å². The Morgan fingerprint density at radius 3 is 2.91 bits per heavy atom. The number of aromatic nitrogens is 1. The predicted molar refractivity (Wildman–Crippen MR) is 93.1 cm³/mol. The first-order valence-corrected chi connectivity index (χ1v) is 8.38. The number of benzene rings is 1. The number of carbonyl (C=O) groups is 1. The van der Waals surface area contributed by atoms with Crippen LogP contribution in [0.5, 0.6) is 0 Å². The van der Waals surface area contributed by atoms with Gasteiger partial charge in [-0.3, -0.25) is 9.78 Å². The third-order valence-electron chi connectivity index (χ3n) is 5.87. The fourth-order valence-corrected chi connectivity index (χ4v) is 4.26. The quantitative estimate of drug-likeness (QED) is 0.845. The van der Waals surface area contributed by atoms with Gasteiger partial charge < -0.3 is 5.32 Å². The van der Waals surface area contributed by atoms with Gasteiger partial charge in [0.2, 0.25) is 5.91 Å². The molecule has 0 spiro atoms. The highest BCUT2D eigenvalue weighted by Crippen LogP contribution is 2.59. The van der Waals surface area contributed by atoms with Gasteiger partial charge in [-0.25, -0.2) is 0 Å². The normalized spacial score (nSPS) is 24.7. The first kappa shape index (κ1) is 14.4. The van der Waals surface area contributed by atoms with Crippen molar-refractivity contribution in [1.29, 1.82) is 0 Å². The summed E-state index contributed by atoms with van der Waals surface area (Å²) in [5.74, 6) is 1.47. The highest BCUT2D eigenvalue weighted by atomic mass is 16.1. The molecule has 1 heterocycles. The van der Waals surface area contributed by atoms with Gasteiger partial charge in [0.1, 0.15) is 0 Å². The summed E-state index contributed by atoms with van der Waals surface area (Å²) < 4.78 is 0. The van der Waals surface area contributed by atoms with Crippen LogP contribution < -0.4 is 5.32 Å². The second kappa shape index (κ2) is 5.19. The van der Waals surface area contributed by atoms with Crippen LogP contribution in [-0.4, -0.2) is 10.9 Å². The molecule has 0 aliphatic heterocycles. The van der Waals surface area contributed by atoms with Gasteiger partial charge in [0.15, 0.2) is 0 Å². The lowest BCUT2D eigenvalue weighted by atomic mass is 9.48. The SMILES string of the molecule is CC1(C)[C@@H]2CC=C(CC(=O)Nc3ccnc4ccccc34)[C@H]1C2. The fraction of sp³-hybridized carbons (Fsp3) is 0.400. The Morgan fingerprint density at radius 2 is 2.13 bits per heavy atom.